The molecule has 27 heavy (non-hydrogen) atoms. The molecule has 0 fully saturated rings. The van der Waals surface area contributed by atoms with Crippen molar-refractivity contribution in [2.45, 2.75) is 45.1 Å². The molecule has 0 aliphatic heterocycles. The standard InChI is InChI=1S/C20H27FNO3PS/c1-5-26(23)25-14-15-6-8-16(9-7-15)19(22-27(24)20(2,3)4)17-10-12-18(21)13-11-17/h6-13,19,22,26H,5,14H2,1-4H3/t19-,27?/m0/s1. The predicted molar refractivity (Wildman–Crippen MR) is 110 cm³/mol. The fraction of sp³-hybridized carbons (Fsp3) is 0.400. The third-order valence-electron chi connectivity index (χ3n) is 3.99. The normalized spacial score (nSPS) is 15.3. The Hall–Kier alpha value is -1.17. The second-order valence-corrected chi connectivity index (χ2v) is 11.0. The van der Waals surface area contributed by atoms with E-state index in [9.17, 15) is 13.5 Å². The second kappa shape index (κ2) is 9.85. The van der Waals surface area contributed by atoms with Crippen molar-refractivity contribution in [3.05, 3.63) is 71.0 Å². The summed E-state index contributed by atoms with van der Waals surface area (Å²) in [6.07, 6.45) is 0.526. The molecule has 4 nitrogen and oxygen atoms in total. The van der Waals surface area contributed by atoms with Gasteiger partial charge in [0.2, 0.25) is 0 Å². The Morgan fingerprint density at radius 1 is 1.11 bits per heavy atom. The number of hydrogen-bond acceptors (Lipinski definition) is 4. The van der Waals surface area contributed by atoms with Crippen LogP contribution in [0.3, 0.4) is 0 Å². The molecule has 148 valence electrons. The van der Waals surface area contributed by atoms with Crippen molar-refractivity contribution in [2.24, 2.45) is 0 Å². The van der Waals surface area contributed by atoms with E-state index < -0.39 is 24.1 Å². The molecule has 2 rings (SSSR count). The van der Waals surface area contributed by atoms with Crippen LogP contribution in [0.4, 0.5) is 4.39 Å². The van der Waals surface area contributed by atoms with Crippen molar-refractivity contribution in [2.75, 3.05) is 6.16 Å². The summed E-state index contributed by atoms with van der Waals surface area (Å²) in [5.74, 6) is -0.312. The molecule has 0 spiro atoms. The van der Waals surface area contributed by atoms with E-state index in [1.54, 1.807) is 12.1 Å². The van der Waals surface area contributed by atoms with Gasteiger partial charge >= 0.3 is 0 Å². The quantitative estimate of drug-likeness (QED) is 0.492. The summed E-state index contributed by atoms with van der Waals surface area (Å²) in [5, 5.41) is 0. The summed E-state index contributed by atoms with van der Waals surface area (Å²) >= 11 is -1.30. The van der Waals surface area contributed by atoms with Gasteiger partial charge in [0.05, 0.1) is 6.61 Å². The maximum absolute atomic E-state index is 13.3. The number of rotatable bonds is 8. The lowest BCUT2D eigenvalue weighted by Gasteiger charge is -2.28. The van der Waals surface area contributed by atoms with E-state index in [1.807, 2.05) is 52.0 Å². The minimum absolute atomic E-state index is 0.300. The molecule has 0 radical (unpaired) electrons. The summed E-state index contributed by atoms with van der Waals surface area (Å²) in [6.45, 7) is 7.82. The topological polar surface area (TPSA) is 61.4 Å². The molecule has 0 saturated carbocycles. The van der Waals surface area contributed by atoms with E-state index >= 15 is 0 Å². The van der Waals surface area contributed by atoms with Crippen LogP contribution >= 0.6 is 8.03 Å². The van der Waals surface area contributed by atoms with Gasteiger partial charge in [0, 0.05) is 17.5 Å². The Morgan fingerprint density at radius 2 is 1.63 bits per heavy atom. The molecule has 0 bridgehead atoms. The highest BCUT2D eigenvalue weighted by Crippen LogP contribution is 2.28. The number of nitrogens with one attached hydrogen (secondary N) is 1. The summed E-state index contributed by atoms with van der Waals surface area (Å²) in [7, 11) is -1.97. The smallest absolute Gasteiger partial charge is 0.191 e. The molecule has 0 heterocycles. The van der Waals surface area contributed by atoms with Crippen molar-refractivity contribution in [1.29, 1.82) is 0 Å². The molecule has 2 unspecified atom stereocenters. The highest BCUT2D eigenvalue weighted by Gasteiger charge is 2.30. The number of hydrogen-bond donors (Lipinski definition) is 1. The molecule has 2 aromatic carbocycles. The van der Waals surface area contributed by atoms with Crippen LogP contribution in [-0.4, -0.2) is 15.5 Å². The van der Waals surface area contributed by atoms with Gasteiger partial charge in [-0.15, -0.1) is 4.72 Å². The first-order valence-corrected chi connectivity index (χ1v) is 11.6. The van der Waals surface area contributed by atoms with E-state index in [4.69, 9.17) is 4.52 Å². The van der Waals surface area contributed by atoms with Gasteiger partial charge in [0.1, 0.15) is 16.6 Å². The van der Waals surface area contributed by atoms with E-state index in [0.29, 0.717) is 12.8 Å². The molecule has 1 N–H and O–H groups in total. The van der Waals surface area contributed by atoms with Gasteiger partial charge in [0.25, 0.3) is 0 Å². The lowest BCUT2D eigenvalue weighted by Crippen LogP contribution is -2.41. The lowest BCUT2D eigenvalue weighted by molar-refractivity contribution is 0.319. The molecule has 0 saturated heterocycles. The zero-order valence-electron chi connectivity index (χ0n) is 16.1. The first kappa shape index (κ1) is 22.1. The third kappa shape index (κ3) is 6.74. The Bertz CT molecular complexity index is 747. The summed E-state index contributed by atoms with van der Waals surface area (Å²) in [5.41, 5.74) is 2.65. The monoisotopic (exact) mass is 411 g/mol. The van der Waals surface area contributed by atoms with E-state index in [1.165, 1.54) is 12.1 Å². The third-order valence-corrected chi connectivity index (χ3v) is 6.59. The SMILES string of the molecule is CC[PH](=O)OCc1ccc([C@H](N[S+]([O-])C(C)(C)C)c2ccc(F)cc2)cc1. The van der Waals surface area contributed by atoms with Gasteiger partial charge in [-0.1, -0.05) is 43.3 Å². The second-order valence-electron chi connectivity index (χ2n) is 7.24. The van der Waals surface area contributed by atoms with Crippen molar-refractivity contribution in [3.63, 3.8) is 0 Å². The Labute approximate surface area is 164 Å². The number of halogens is 1. The Balaban J connectivity index is 2.24. The zero-order chi connectivity index (χ0) is 20.0. The van der Waals surface area contributed by atoms with Crippen LogP contribution < -0.4 is 4.72 Å². The molecular weight excluding hydrogens is 384 g/mol. The van der Waals surface area contributed by atoms with Gasteiger partial charge in [0.15, 0.2) is 8.03 Å². The van der Waals surface area contributed by atoms with Gasteiger partial charge in [-0.2, -0.15) is 0 Å². The Kier molecular flexibility index (Phi) is 8.07. The van der Waals surface area contributed by atoms with Gasteiger partial charge in [-0.25, -0.2) is 4.39 Å². The molecule has 2 aromatic rings. The number of benzene rings is 2. The van der Waals surface area contributed by atoms with Gasteiger partial charge in [-0.3, -0.25) is 4.57 Å². The zero-order valence-corrected chi connectivity index (χ0v) is 17.9. The molecule has 3 atom stereocenters. The molecule has 0 aromatic heterocycles. The van der Waals surface area contributed by atoms with Crippen LogP contribution in [0.15, 0.2) is 48.5 Å². The highest BCUT2D eigenvalue weighted by atomic mass is 32.2. The van der Waals surface area contributed by atoms with Crippen LogP contribution in [0, 0.1) is 5.82 Å². The average Bonchev–Trinajstić information content (AvgIpc) is 2.64. The minimum Gasteiger partial charge on any atom is -0.598 e. The van der Waals surface area contributed by atoms with Gasteiger partial charge < -0.3 is 9.08 Å². The van der Waals surface area contributed by atoms with Crippen LogP contribution in [0.5, 0.6) is 0 Å². The van der Waals surface area contributed by atoms with Crippen molar-refractivity contribution >= 4 is 19.4 Å². The van der Waals surface area contributed by atoms with Crippen molar-refractivity contribution < 1.29 is 18.0 Å². The molecular formula is C20H27FNO3PS. The summed E-state index contributed by atoms with van der Waals surface area (Å²) in [6, 6.07) is 13.5. The molecule has 0 aliphatic rings. The predicted octanol–water partition coefficient (Wildman–Crippen LogP) is 4.98. The van der Waals surface area contributed by atoms with E-state index in [0.717, 1.165) is 16.7 Å². The van der Waals surface area contributed by atoms with Crippen molar-refractivity contribution in [3.8, 4) is 0 Å². The van der Waals surface area contributed by atoms with Crippen LogP contribution in [0.2, 0.25) is 0 Å². The van der Waals surface area contributed by atoms with Crippen LogP contribution in [0.25, 0.3) is 0 Å². The Morgan fingerprint density at radius 3 is 2.11 bits per heavy atom. The highest BCUT2D eigenvalue weighted by molar-refractivity contribution is 7.90. The fourth-order valence-corrected chi connectivity index (χ4v) is 3.71. The van der Waals surface area contributed by atoms with Crippen molar-refractivity contribution in [1.82, 2.24) is 4.72 Å². The molecule has 0 amide bonds. The molecule has 7 heteroatoms. The maximum Gasteiger partial charge on any atom is 0.191 e. The van der Waals surface area contributed by atoms with Crippen LogP contribution in [0.1, 0.15) is 50.4 Å². The first-order valence-electron chi connectivity index (χ1n) is 8.88. The fourth-order valence-electron chi connectivity index (χ4n) is 2.34. The minimum atomic E-state index is -1.97. The van der Waals surface area contributed by atoms with E-state index in [-0.39, 0.29) is 11.9 Å². The lowest BCUT2D eigenvalue weighted by atomic mass is 9.99. The molecule has 0 aliphatic carbocycles. The largest absolute Gasteiger partial charge is 0.598 e. The summed E-state index contributed by atoms with van der Waals surface area (Å²) in [4.78, 5) is 0. The van der Waals surface area contributed by atoms with E-state index in [2.05, 4.69) is 4.72 Å². The maximum atomic E-state index is 13.3. The summed E-state index contributed by atoms with van der Waals surface area (Å²) < 4.78 is 45.5. The van der Waals surface area contributed by atoms with Gasteiger partial charge in [-0.05, 0) is 49.6 Å². The first-order chi connectivity index (χ1) is 12.7. The average molecular weight is 411 g/mol. The van der Waals surface area contributed by atoms with Crippen LogP contribution in [-0.2, 0) is 27.1 Å².